The van der Waals surface area contributed by atoms with Crippen LogP contribution in [0, 0.1) is 18.6 Å². The van der Waals surface area contributed by atoms with E-state index < -0.39 is 11.6 Å². The van der Waals surface area contributed by atoms with Crippen LogP contribution in [0.5, 0.6) is 0 Å². The molecule has 14 heavy (non-hydrogen) atoms. The minimum atomic E-state index is -0.838. The molecular formula is C10H7F2NS. The summed E-state index contributed by atoms with van der Waals surface area (Å²) < 4.78 is 25.5. The monoisotopic (exact) mass is 211 g/mol. The van der Waals surface area contributed by atoms with Gasteiger partial charge in [-0.1, -0.05) is 0 Å². The minimum absolute atomic E-state index is 0.613. The van der Waals surface area contributed by atoms with Crippen molar-refractivity contribution in [3.05, 3.63) is 40.9 Å². The van der Waals surface area contributed by atoms with Crippen LogP contribution in [0.15, 0.2) is 23.6 Å². The highest BCUT2D eigenvalue weighted by Gasteiger charge is 2.06. The predicted octanol–water partition coefficient (Wildman–Crippen LogP) is 3.40. The quantitative estimate of drug-likeness (QED) is 0.704. The van der Waals surface area contributed by atoms with Gasteiger partial charge in [0.15, 0.2) is 11.6 Å². The van der Waals surface area contributed by atoms with Crippen LogP contribution in [0.1, 0.15) is 5.69 Å². The van der Waals surface area contributed by atoms with E-state index in [0.29, 0.717) is 10.6 Å². The molecule has 4 heteroatoms. The molecule has 0 N–H and O–H groups in total. The second kappa shape index (κ2) is 3.46. The number of hydrogen-bond acceptors (Lipinski definition) is 2. The second-order valence-electron chi connectivity index (χ2n) is 2.92. The first-order valence-electron chi connectivity index (χ1n) is 4.04. The highest BCUT2D eigenvalue weighted by Crippen LogP contribution is 2.24. The van der Waals surface area contributed by atoms with Crippen LogP contribution in [0.3, 0.4) is 0 Å². The molecule has 1 aromatic carbocycles. The smallest absolute Gasteiger partial charge is 0.159 e. The molecule has 0 atom stereocenters. The molecular weight excluding hydrogens is 204 g/mol. The Morgan fingerprint density at radius 2 is 2.00 bits per heavy atom. The van der Waals surface area contributed by atoms with Crippen LogP contribution in [-0.4, -0.2) is 4.98 Å². The van der Waals surface area contributed by atoms with Crippen LogP contribution in [0.25, 0.3) is 10.6 Å². The Bertz CT molecular complexity index is 465. The molecule has 1 heterocycles. The van der Waals surface area contributed by atoms with Gasteiger partial charge in [0.1, 0.15) is 5.01 Å². The van der Waals surface area contributed by atoms with E-state index in [-0.39, 0.29) is 0 Å². The van der Waals surface area contributed by atoms with Crippen molar-refractivity contribution in [3.63, 3.8) is 0 Å². The van der Waals surface area contributed by atoms with Gasteiger partial charge in [-0.2, -0.15) is 0 Å². The lowest BCUT2D eigenvalue weighted by Gasteiger charge is -1.96. The highest BCUT2D eigenvalue weighted by atomic mass is 32.1. The summed E-state index contributed by atoms with van der Waals surface area (Å²) in [4.78, 5) is 4.18. The fourth-order valence-corrected chi connectivity index (χ4v) is 1.91. The van der Waals surface area contributed by atoms with E-state index in [1.165, 1.54) is 17.4 Å². The van der Waals surface area contributed by atoms with Crippen molar-refractivity contribution in [1.82, 2.24) is 4.98 Å². The number of nitrogens with zero attached hydrogens (tertiary/aromatic N) is 1. The minimum Gasteiger partial charge on any atom is -0.241 e. The number of rotatable bonds is 1. The van der Waals surface area contributed by atoms with Crippen molar-refractivity contribution >= 4 is 11.3 Å². The van der Waals surface area contributed by atoms with Crippen LogP contribution in [0.4, 0.5) is 8.78 Å². The SMILES string of the molecule is Cc1csc(-c2ccc(F)c(F)c2)n1. The lowest BCUT2D eigenvalue weighted by atomic mass is 10.2. The molecule has 0 spiro atoms. The molecule has 0 unspecified atom stereocenters. The molecule has 0 aliphatic rings. The third-order valence-corrected chi connectivity index (χ3v) is 2.79. The van der Waals surface area contributed by atoms with E-state index in [0.717, 1.165) is 17.8 Å². The molecule has 1 nitrogen and oxygen atoms in total. The molecule has 2 rings (SSSR count). The summed E-state index contributed by atoms with van der Waals surface area (Å²) in [6.45, 7) is 1.86. The topological polar surface area (TPSA) is 12.9 Å². The summed E-state index contributed by atoms with van der Waals surface area (Å²) >= 11 is 1.42. The van der Waals surface area contributed by atoms with Crippen LogP contribution < -0.4 is 0 Å². The number of thiazole rings is 1. The Labute approximate surface area is 84.0 Å². The van der Waals surface area contributed by atoms with Gasteiger partial charge in [0, 0.05) is 16.6 Å². The lowest BCUT2D eigenvalue weighted by molar-refractivity contribution is 0.509. The first-order valence-corrected chi connectivity index (χ1v) is 4.92. The first kappa shape index (κ1) is 9.27. The Morgan fingerprint density at radius 3 is 2.57 bits per heavy atom. The Hall–Kier alpha value is -1.29. The largest absolute Gasteiger partial charge is 0.241 e. The van der Waals surface area contributed by atoms with Gasteiger partial charge in [0.25, 0.3) is 0 Å². The summed E-state index contributed by atoms with van der Waals surface area (Å²) in [5, 5.41) is 2.58. The molecule has 0 fully saturated rings. The fourth-order valence-electron chi connectivity index (χ4n) is 1.12. The van der Waals surface area contributed by atoms with Gasteiger partial charge in [0.2, 0.25) is 0 Å². The van der Waals surface area contributed by atoms with Gasteiger partial charge in [-0.15, -0.1) is 11.3 Å². The average molecular weight is 211 g/mol. The molecule has 0 saturated carbocycles. The van der Waals surface area contributed by atoms with E-state index in [1.54, 1.807) is 0 Å². The molecule has 0 aliphatic carbocycles. The summed E-state index contributed by atoms with van der Waals surface area (Å²) in [7, 11) is 0. The maximum absolute atomic E-state index is 12.9. The summed E-state index contributed by atoms with van der Waals surface area (Å²) in [5.41, 5.74) is 1.50. The van der Waals surface area contributed by atoms with Gasteiger partial charge in [-0.05, 0) is 25.1 Å². The molecule has 0 radical (unpaired) electrons. The third kappa shape index (κ3) is 1.65. The van der Waals surface area contributed by atoms with E-state index in [4.69, 9.17) is 0 Å². The Morgan fingerprint density at radius 1 is 1.21 bits per heavy atom. The van der Waals surface area contributed by atoms with E-state index in [9.17, 15) is 8.78 Å². The van der Waals surface area contributed by atoms with Gasteiger partial charge in [0.05, 0.1) is 0 Å². The maximum atomic E-state index is 12.9. The fraction of sp³-hybridized carbons (Fsp3) is 0.100. The lowest BCUT2D eigenvalue weighted by Crippen LogP contribution is -1.84. The molecule has 2 aromatic rings. The summed E-state index contributed by atoms with van der Waals surface area (Å²) in [6.07, 6.45) is 0. The number of aromatic nitrogens is 1. The molecule has 0 saturated heterocycles. The van der Waals surface area contributed by atoms with Crippen molar-refractivity contribution in [3.8, 4) is 10.6 Å². The molecule has 1 aromatic heterocycles. The first-order chi connectivity index (χ1) is 6.66. The van der Waals surface area contributed by atoms with Crippen molar-refractivity contribution in [2.75, 3.05) is 0 Å². The zero-order valence-electron chi connectivity index (χ0n) is 7.42. The van der Waals surface area contributed by atoms with Crippen LogP contribution >= 0.6 is 11.3 Å². The number of halogens is 2. The van der Waals surface area contributed by atoms with Gasteiger partial charge in [-0.3, -0.25) is 0 Å². The highest BCUT2D eigenvalue weighted by molar-refractivity contribution is 7.13. The van der Waals surface area contributed by atoms with Crippen LogP contribution in [0.2, 0.25) is 0 Å². The number of aryl methyl sites for hydroxylation is 1. The molecule has 0 aliphatic heterocycles. The van der Waals surface area contributed by atoms with E-state index >= 15 is 0 Å². The molecule has 0 bridgehead atoms. The van der Waals surface area contributed by atoms with Crippen LogP contribution in [-0.2, 0) is 0 Å². The van der Waals surface area contributed by atoms with E-state index in [2.05, 4.69) is 4.98 Å². The molecule has 72 valence electrons. The Kier molecular flexibility index (Phi) is 2.29. The predicted molar refractivity (Wildman–Crippen MR) is 52.2 cm³/mol. The van der Waals surface area contributed by atoms with Crippen molar-refractivity contribution in [2.45, 2.75) is 6.92 Å². The van der Waals surface area contributed by atoms with Crippen molar-refractivity contribution < 1.29 is 8.78 Å². The standard InChI is InChI=1S/C10H7F2NS/c1-6-5-14-10(13-6)7-2-3-8(11)9(12)4-7/h2-5H,1H3. The summed E-state index contributed by atoms with van der Waals surface area (Å²) in [5.74, 6) is -1.67. The zero-order chi connectivity index (χ0) is 10.1. The molecule has 0 amide bonds. The van der Waals surface area contributed by atoms with Crippen molar-refractivity contribution in [2.24, 2.45) is 0 Å². The number of benzene rings is 1. The number of hydrogen-bond donors (Lipinski definition) is 0. The summed E-state index contributed by atoms with van der Waals surface area (Å²) in [6, 6.07) is 3.80. The third-order valence-electron chi connectivity index (χ3n) is 1.79. The van der Waals surface area contributed by atoms with Crippen molar-refractivity contribution in [1.29, 1.82) is 0 Å². The van der Waals surface area contributed by atoms with E-state index in [1.807, 2.05) is 12.3 Å². The zero-order valence-corrected chi connectivity index (χ0v) is 8.24. The van der Waals surface area contributed by atoms with Gasteiger partial charge < -0.3 is 0 Å². The maximum Gasteiger partial charge on any atom is 0.159 e. The average Bonchev–Trinajstić information content (AvgIpc) is 2.57. The normalized spacial score (nSPS) is 10.5. The van der Waals surface area contributed by atoms with Gasteiger partial charge >= 0.3 is 0 Å². The Balaban J connectivity index is 2.47. The second-order valence-corrected chi connectivity index (χ2v) is 3.78. The van der Waals surface area contributed by atoms with Gasteiger partial charge in [-0.25, -0.2) is 13.8 Å².